The molecule has 3 rings (SSSR count). The molecule has 1 fully saturated rings. The van der Waals surface area contributed by atoms with Gasteiger partial charge in [-0.05, 0) is 43.1 Å². The SMILES string of the molecule is COC(=O)C1CCCCN1C(=O)c1cc2c(s1)CCSC2. The lowest BCUT2D eigenvalue weighted by atomic mass is 10.0. The number of carbonyl (C=O) groups excluding carboxylic acids is 2. The van der Waals surface area contributed by atoms with Gasteiger partial charge in [0.25, 0.3) is 5.91 Å². The van der Waals surface area contributed by atoms with Gasteiger partial charge in [-0.2, -0.15) is 11.8 Å². The second-order valence-electron chi connectivity index (χ2n) is 5.39. The van der Waals surface area contributed by atoms with Crippen molar-refractivity contribution < 1.29 is 14.3 Å². The van der Waals surface area contributed by atoms with E-state index >= 15 is 0 Å². The van der Waals surface area contributed by atoms with Crippen LogP contribution < -0.4 is 0 Å². The Bertz CT molecular complexity index is 532. The molecule has 0 N–H and O–H groups in total. The lowest BCUT2D eigenvalue weighted by Gasteiger charge is -2.33. The lowest BCUT2D eigenvalue weighted by Crippen LogP contribution is -2.48. The van der Waals surface area contributed by atoms with Gasteiger partial charge in [0.15, 0.2) is 0 Å². The van der Waals surface area contributed by atoms with Gasteiger partial charge in [0.2, 0.25) is 0 Å². The molecule has 0 spiro atoms. The summed E-state index contributed by atoms with van der Waals surface area (Å²) < 4.78 is 4.85. The minimum Gasteiger partial charge on any atom is -0.467 e. The Morgan fingerprint density at radius 1 is 1.38 bits per heavy atom. The third-order valence-corrected chi connectivity index (χ3v) is 6.31. The number of hydrogen-bond acceptors (Lipinski definition) is 5. The smallest absolute Gasteiger partial charge is 0.328 e. The van der Waals surface area contributed by atoms with Gasteiger partial charge in [-0.15, -0.1) is 11.3 Å². The predicted octanol–water partition coefficient (Wildman–Crippen LogP) is 2.71. The average Bonchev–Trinajstić information content (AvgIpc) is 2.97. The molecule has 21 heavy (non-hydrogen) atoms. The van der Waals surface area contributed by atoms with Gasteiger partial charge >= 0.3 is 5.97 Å². The monoisotopic (exact) mass is 325 g/mol. The van der Waals surface area contributed by atoms with Gasteiger partial charge in [-0.1, -0.05) is 0 Å². The molecule has 1 aromatic heterocycles. The van der Waals surface area contributed by atoms with Crippen molar-refractivity contribution in [3.8, 4) is 0 Å². The number of thioether (sulfide) groups is 1. The molecule has 3 heterocycles. The van der Waals surface area contributed by atoms with E-state index in [9.17, 15) is 9.59 Å². The van der Waals surface area contributed by atoms with E-state index in [4.69, 9.17) is 4.74 Å². The highest BCUT2D eigenvalue weighted by molar-refractivity contribution is 7.98. The van der Waals surface area contributed by atoms with Crippen LogP contribution in [0.25, 0.3) is 0 Å². The molecule has 1 aromatic rings. The highest BCUT2D eigenvalue weighted by Gasteiger charge is 2.34. The molecule has 4 nitrogen and oxygen atoms in total. The van der Waals surface area contributed by atoms with E-state index < -0.39 is 6.04 Å². The number of fused-ring (bicyclic) bond motifs is 1. The minimum atomic E-state index is -0.412. The first-order valence-corrected chi connectivity index (χ1v) is 9.26. The summed E-state index contributed by atoms with van der Waals surface area (Å²) in [6.45, 7) is 0.649. The van der Waals surface area contributed by atoms with Crippen LogP contribution in [0.3, 0.4) is 0 Å². The van der Waals surface area contributed by atoms with Crippen molar-refractivity contribution in [3.63, 3.8) is 0 Å². The molecule has 2 aliphatic heterocycles. The first-order valence-electron chi connectivity index (χ1n) is 7.29. The molecular weight excluding hydrogens is 306 g/mol. The fraction of sp³-hybridized carbons (Fsp3) is 0.600. The topological polar surface area (TPSA) is 46.6 Å². The van der Waals surface area contributed by atoms with E-state index in [0.717, 1.165) is 35.6 Å². The molecule has 6 heteroatoms. The zero-order valence-electron chi connectivity index (χ0n) is 12.1. The van der Waals surface area contributed by atoms with Crippen LogP contribution in [-0.2, 0) is 21.7 Å². The number of piperidine rings is 1. The maximum atomic E-state index is 12.8. The molecular formula is C15H19NO3S2. The van der Waals surface area contributed by atoms with Crippen LogP contribution in [0.5, 0.6) is 0 Å². The lowest BCUT2D eigenvalue weighted by molar-refractivity contribution is -0.147. The van der Waals surface area contributed by atoms with E-state index in [2.05, 4.69) is 0 Å². The van der Waals surface area contributed by atoms with Crippen molar-refractivity contribution >= 4 is 35.0 Å². The Morgan fingerprint density at radius 2 is 2.24 bits per heavy atom. The second kappa shape index (κ2) is 6.40. The van der Waals surface area contributed by atoms with Gasteiger partial charge in [0, 0.05) is 17.2 Å². The van der Waals surface area contributed by atoms with Crippen molar-refractivity contribution in [1.29, 1.82) is 0 Å². The van der Waals surface area contributed by atoms with Gasteiger partial charge in [-0.25, -0.2) is 4.79 Å². The van der Waals surface area contributed by atoms with Gasteiger partial charge in [0.1, 0.15) is 6.04 Å². The summed E-state index contributed by atoms with van der Waals surface area (Å²) in [7, 11) is 1.39. The normalized spacial score (nSPS) is 21.8. The number of ether oxygens (including phenoxy) is 1. The summed E-state index contributed by atoms with van der Waals surface area (Å²) in [6.07, 6.45) is 3.69. The zero-order chi connectivity index (χ0) is 14.8. The molecule has 1 unspecified atom stereocenters. The van der Waals surface area contributed by atoms with Crippen molar-refractivity contribution in [1.82, 2.24) is 4.90 Å². The van der Waals surface area contributed by atoms with E-state index in [1.54, 1.807) is 16.2 Å². The molecule has 0 saturated carbocycles. The van der Waals surface area contributed by atoms with Crippen LogP contribution in [0.15, 0.2) is 6.07 Å². The standard InChI is InChI=1S/C15H19NO3S2/c1-19-15(18)11-4-2-3-6-16(11)14(17)13-8-10-9-20-7-5-12(10)21-13/h8,11H,2-7,9H2,1H3. The maximum absolute atomic E-state index is 12.8. The molecule has 114 valence electrons. The first kappa shape index (κ1) is 14.9. The number of esters is 1. The minimum absolute atomic E-state index is 0.00509. The Balaban J connectivity index is 1.82. The Hall–Kier alpha value is -1.01. The van der Waals surface area contributed by atoms with Crippen molar-refractivity contribution in [3.05, 3.63) is 21.4 Å². The fourth-order valence-electron chi connectivity index (χ4n) is 2.95. The summed E-state index contributed by atoms with van der Waals surface area (Å²) in [4.78, 5) is 28.5. The van der Waals surface area contributed by atoms with Crippen LogP contribution in [0.1, 0.15) is 39.4 Å². The molecule has 1 atom stereocenters. The number of aryl methyl sites for hydroxylation is 1. The quantitative estimate of drug-likeness (QED) is 0.785. The maximum Gasteiger partial charge on any atom is 0.328 e. The Morgan fingerprint density at radius 3 is 3.00 bits per heavy atom. The number of thiophene rings is 1. The van der Waals surface area contributed by atoms with Crippen molar-refractivity contribution in [2.24, 2.45) is 0 Å². The number of likely N-dealkylation sites (tertiary alicyclic amines) is 1. The molecule has 0 aliphatic carbocycles. The Kier molecular flexibility index (Phi) is 4.54. The summed E-state index contributed by atoms with van der Waals surface area (Å²) >= 11 is 3.52. The van der Waals surface area contributed by atoms with Crippen molar-refractivity contribution in [2.45, 2.75) is 37.5 Å². The van der Waals surface area contributed by atoms with Gasteiger partial charge < -0.3 is 9.64 Å². The number of carbonyl (C=O) groups is 2. The highest BCUT2D eigenvalue weighted by Crippen LogP contribution is 2.33. The van der Waals surface area contributed by atoms with Crippen LogP contribution in [0, 0.1) is 0 Å². The number of amides is 1. The second-order valence-corrected chi connectivity index (χ2v) is 7.64. The van der Waals surface area contributed by atoms with Crippen LogP contribution >= 0.6 is 23.1 Å². The van der Waals surface area contributed by atoms with E-state index in [-0.39, 0.29) is 11.9 Å². The third-order valence-electron chi connectivity index (χ3n) is 4.08. The average molecular weight is 325 g/mol. The Labute approximate surface area is 132 Å². The molecule has 2 aliphatic rings. The molecule has 0 bridgehead atoms. The highest BCUT2D eigenvalue weighted by atomic mass is 32.2. The predicted molar refractivity (Wildman–Crippen MR) is 84.9 cm³/mol. The number of rotatable bonds is 2. The van der Waals surface area contributed by atoms with E-state index in [1.165, 1.54) is 17.6 Å². The largest absolute Gasteiger partial charge is 0.467 e. The zero-order valence-corrected chi connectivity index (χ0v) is 13.7. The number of methoxy groups -OCH3 is 1. The van der Waals surface area contributed by atoms with Gasteiger partial charge in [0.05, 0.1) is 12.0 Å². The summed E-state index contributed by atoms with van der Waals surface area (Å²) in [5, 5.41) is 0. The van der Waals surface area contributed by atoms with Gasteiger partial charge in [-0.3, -0.25) is 4.79 Å². The first-order chi connectivity index (χ1) is 10.2. The van der Waals surface area contributed by atoms with Crippen LogP contribution in [0.4, 0.5) is 0 Å². The van der Waals surface area contributed by atoms with Crippen LogP contribution in [-0.4, -0.2) is 42.2 Å². The molecule has 1 amide bonds. The summed E-state index contributed by atoms with van der Waals surface area (Å²) in [6, 6.07) is 1.61. The fourth-order valence-corrected chi connectivity index (χ4v) is 5.28. The summed E-state index contributed by atoms with van der Waals surface area (Å²) in [5.41, 5.74) is 1.30. The third kappa shape index (κ3) is 2.97. The van der Waals surface area contributed by atoms with E-state index in [1.807, 2.05) is 17.8 Å². The summed E-state index contributed by atoms with van der Waals surface area (Å²) in [5.74, 6) is 1.84. The van der Waals surface area contributed by atoms with Crippen molar-refractivity contribution in [2.75, 3.05) is 19.4 Å². The number of hydrogen-bond donors (Lipinski definition) is 0. The molecule has 0 aromatic carbocycles. The number of nitrogens with zero attached hydrogens (tertiary/aromatic N) is 1. The van der Waals surface area contributed by atoms with Crippen LogP contribution in [0.2, 0.25) is 0 Å². The molecule has 0 radical (unpaired) electrons. The molecule has 1 saturated heterocycles. The van der Waals surface area contributed by atoms with E-state index in [0.29, 0.717) is 13.0 Å².